The van der Waals surface area contributed by atoms with Gasteiger partial charge >= 0.3 is 5.97 Å². The smallest absolute Gasteiger partial charge is 0.277 e. The van der Waals surface area contributed by atoms with Crippen molar-refractivity contribution in [3.8, 4) is 0 Å². The summed E-state index contributed by atoms with van der Waals surface area (Å²) in [5.74, 6) is -0.129. The minimum absolute atomic E-state index is 0.129. The van der Waals surface area contributed by atoms with Gasteiger partial charge in [-0.05, 0) is 13.8 Å². The number of hydrogen-bond acceptors (Lipinski definition) is 2. The number of carbonyl (C=O) groups is 1. The van der Waals surface area contributed by atoms with Crippen molar-refractivity contribution in [2.24, 2.45) is 0 Å². The first-order valence-corrected chi connectivity index (χ1v) is 4.15. The van der Waals surface area contributed by atoms with E-state index in [0.29, 0.717) is 11.1 Å². The Morgan fingerprint density at radius 1 is 1.27 bits per heavy atom. The van der Waals surface area contributed by atoms with Crippen LogP contribution in [0, 0.1) is 0 Å². The van der Waals surface area contributed by atoms with Crippen LogP contribution in [0.4, 0.5) is 0 Å². The average molecular weight is 160 g/mol. The van der Waals surface area contributed by atoms with Crippen molar-refractivity contribution in [1.82, 2.24) is 0 Å². The molecule has 3 heteroatoms. The van der Waals surface area contributed by atoms with Gasteiger partial charge in [0.1, 0.15) is 20.1 Å². The summed E-state index contributed by atoms with van der Waals surface area (Å²) in [5.41, 5.74) is 0. The highest BCUT2D eigenvalue weighted by molar-refractivity contribution is 5.68. The second-order valence-electron chi connectivity index (χ2n) is 2.75. The van der Waals surface area contributed by atoms with Gasteiger partial charge in [-0.3, -0.25) is 4.84 Å². The van der Waals surface area contributed by atoms with Crippen molar-refractivity contribution >= 4 is 5.97 Å². The van der Waals surface area contributed by atoms with E-state index in [1.165, 1.54) is 0 Å². The van der Waals surface area contributed by atoms with Crippen LogP contribution >= 0.6 is 0 Å². The molecule has 3 nitrogen and oxygen atoms in total. The number of hydrogen-bond donors (Lipinski definition) is 0. The van der Waals surface area contributed by atoms with E-state index in [9.17, 15) is 4.79 Å². The van der Waals surface area contributed by atoms with Gasteiger partial charge in [0.15, 0.2) is 0 Å². The molecule has 0 atom stereocenters. The molecule has 0 saturated heterocycles. The Labute approximate surface area is 68.5 Å². The summed E-state index contributed by atoms with van der Waals surface area (Å²) in [7, 11) is 1.91. The summed E-state index contributed by atoms with van der Waals surface area (Å²) in [6.45, 7) is 7.46. The number of carbonyl (C=O) groups excluding carboxylic acids is 1. The Balaban J connectivity index is 3.96. The maximum absolute atomic E-state index is 10.9. The minimum atomic E-state index is -0.129. The maximum atomic E-state index is 10.9. The molecule has 0 spiro atoms. The van der Waals surface area contributed by atoms with Gasteiger partial charge in [-0.1, -0.05) is 6.92 Å². The zero-order chi connectivity index (χ0) is 8.91. The first-order valence-electron chi connectivity index (χ1n) is 4.15. The molecular formula is C8H18NO2+. The van der Waals surface area contributed by atoms with Crippen molar-refractivity contribution < 1.29 is 14.3 Å². The molecular weight excluding hydrogens is 142 g/mol. The molecule has 0 saturated carbocycles. The van der Waals surface area contributed by atoms with Crippen LogP contribution in [-0.4, -0.2) is 30.8 Å². The van der Waals surface area contributed by atoms with Crippen LogP contribution in [0.1, 0.15) is 27.2 Å². The van der Waals surface area contributed by atoms with Crippen LogP contribution in [0.2, 0.25) is 0 Å². The Bertz CT molecular complexity index is 130. The summed E-state index contributed by atoms with van der Waals surface area (Å²) in [4.78, 5) is 16.1. The lowest BCUT2D eigenvalue weighted by atomic mass is 10.5. The predicted octanol–water partition coefficient (Wildman–Crippen LogP) is 1.34. The van der Waals surface area contributed by atoms with Crippen molar-refractivity contribution in [1.29, 1.82) is 0 Å². The van der Waals surface area contributed by atoms with Crippen LogP contribution in [-0.2, 0) is 9.63 Å². The molecule has 0 N–H and O–H groups in total. The molecule has 11 heavy (non-hydrogen) atoms. The fourth-order valence-corrected chi connectivity index (χ4v) is 0.663. The van der Waals surface area contributed by atoms with Gasteiger partial charge < -0.3 is 0 Å². The Hall–Kier alpha value is -0.570. The Morgan fingerprint density at radius 2 is 1.73 bits per heavy atom. The molecule has 0 fully saturated rings. The van der Waals surface area contributed by atoms with Gasteiger partial charge in [0, 0.05) is 6.42 Å². The van der Waals surface area contributed by atoms with Crippen LogP contribution in [0.5, 0.6) is 0 Å². The third-order valence-electron chi connectivity index (χ3n) is 1.95. The Kier molecular flexibility index (Phi) is 4.11. The van der Waals surface area contributed by atoms with E-state index in [-0.39, 0.29) is 5.97 Å². The molecule has 0 aromatic heterocycles. The molecule has 0 bridgehead atoms. The van der Waals surface area contributed by atoms with Crippen molar-refractivity contribution in [2.45, 2.75) is 27.2 Å². The van der Waals surface area contributed by atoms with Gasteiger partial charge in [-0.25, -0.2) is 4.79 Å². The lowest BCUT2D eigenvalue weighted by Gasteiger charge is -2.27. The Morgan fingerprint density at radius 3 is 2.00 bits per heavy atom. The number of quaternary nitrogens is 1. The quantitative estimate of drug-likeness (QED) is 0.458. The van der Waals surface area contributed by atoms with E-state index >= 15 is 0 Å². The van der Waals surface area contributed by atoms with Crippen LogP contribution < -0.4 is 0 Å². The SMILES string of the molecule is CCC(=O)O[N+](C)(CC)CC. The summed E-state index contributed by atoms with van der Waals surface area (Å²) >= 11 is 0. The largest absolute Gasteiger partial charge is 0.366 e. The number of rotatable bonds is 4. The second kappa shape index (κ2) is 4.34. The first-order chi connectivity index (χ1) is 5.08. The zero-order valence-corrected chi connectivity index (χ0v) is 7.89. The molecule has 0 aromatic rings. The van der Waals surface area contributed by atoms with Gasteiger partial charge in [-0.2, -0.15) is 0 Å². The van der Waals surface area contributed by atoms with E-state index in [0.717, 1.165) is 13.1 Å². The van der Waals surface area contributed by atoms with Crippen molar-refractivity contribution in [3.05, 3.63) is 0 Å². The van der Waals surface area contributed by atoms with E-state index in [2.05, 4.69) is 0 Å². The van der Waals surface area contributed by atoms with E-state index in [1.807, 2.05) is 20.9 Å². The third-order valence-corrected chi connectivity index (χ3v) is 1.95. The van der Waals surface area contributed by atoms with Crippen LogP contribution in [0.15, 0.2) is 0 Å². The molecule has 0 heterocycles. The third kappa shape index (κ3) is 3.37. The molecule has 0 aliphatic rings. The normalized spacial score (nSPS) is 11.3. The first kappa shape index (κ1) is 10.4. The fraction of sp³-hybridized carbons (Fsp3) is 0.875. The zero-order valence-electron chi connectivity index (χ0n) is 7.89. The summed E-state index contributed by atoms with van der Waals surface area (Å²) in [6.07, 6.45) is 0.452. The van der Waals surface area contributed by atoms with E-state index in [4.69, 9.17) is 4.84 Å². The topological polar surface area (TPSA) is 26.3 Å². The monoisotopic (exact) mass is 160 g/mol. The molecule has 0 aliphatic carbocycles. The molecule has 0 aliphatic heterocycles. The highest BCUT2D eigenvalue weighted by Crippen LogP contribution is 2.03. The molecule has 0 rings (SSSR count). The fourth-order valence-electron chi connectivity index (χ4n) is 0.663. The lowest BCUT2D eigenvalue weighted by molar-refractivity contribution is -1.07. The van der Waals surface area contributed by atoms with Crippen LogP contribution in [0.3, 0.4) is 0 Å². The minimum Gasteiger partial charge on any atom is -0.277 e. The highest BCUT2D eigenvalue weighted by atomic mass is 16.7. The summed E-state index contributed by atoms with van der Waals surface area (Å²) in [6, 6.07) is 0. The average Bonchev–Trinajstić information content (AvgIpc) is 2.04. The summed E-state index contributed by atoms with van der Waals surface area (Å²) < 4.78 is 0.382. The van der Waals surface area contributed by atoms with Crippen molar-refractivity contribution in [2.75, 3.05) is 20.1 Å². The molecule has 0 unspecified atom stereocenters. The maximum Gasteiger partial charge on any atom is 0.366 e. The van der Waals surface area contributed by atoms with Crippen LogP contribution in [0.25, 0.3) is 0 Å². The van der Waals surface area contributed by atoms with Gasteiger partial charge in [0.25, 0.3) is 0 Å². The highest BCUT2D eigenvalue weighted by Gasteiger charge is 2.21. The van der Waals surface area contributed by atoms with Gasteiger partial charge in [-0.15, -0.1) is 4.65 Å². The molecule has 0 amide bonds. The van der Waals surface area contributed by atoms with Crippen molar-refractivity contribution in [3.63, 3.8) is 0 Å². The number of hydroxylamine groups is 3. The standard InChI is InChI=1S/C8H18NO2/c1-5-8(10)11-9(4,6-2)7-3/h5-7H2,1-4H3/q+1. The van der Waals surface area contributed by atoms with E-state index in [1.54, 1.807) is 6.92 Å². The van der Waals surface area contributed by atoms with E-state index < -0.39 is 0 Å². The van der Waals surface area contributed by atoms with Gasteiger partial charge in [0.05, 0.1) is 0 Å². The molecule has 0 aromatic carbocycles. The number of nitrogens with zero attached hydrogens (tertiary/aromatic N) is 1. The van der Waals surface area contributed by atoms with Gasteiger partial charge in [0.2, 0.25) is 0 Å². The lowest BCUT2D eigenvalue weighted by Crippen LogP contribution is -2.45. The predicted molar refractivity (Wildman–Crippen MR) is 43.6 cm³/mol. The second-order valence-corrected chi connectivity index (χ2v) is 2.75. The molecule has 0 radical (unpaired) electrons. The molecule has 66 valence electrons. The summed E-state index contributed by atoms with van der Waals surface area (Å²) in [5, 5.41) is 0.